The fourth-order valence-electron chi connectivity index (χ4n) is 5.65. The van der Waals surface area contributed by atoms with Crippen molar-refractivity contribution in [3.05, 3.63) is 138 Å². The van der Waals surface area contributed by atoms with E-state index < -0.39 is 13.3 Å². The van der Waals surface area contributed by atoms with Crippen molar-refractivity contribution in [2.45, 2.75) is 38.4 Å². The summed E-state index contributed by atoms with van der Waals surface area (Å²) < 4.78 is 4.68. The van der Waals surface area contributed by atoms with Gasteiger partial charge < -0.3 is 0 Å². The van der Waals surface area contributed by atoms with E-state index in [-0.39, 0.29) is 0 Å². The van der Waals surface area contributed by atoms with Gasteiger partial charge >= 0.3 is 214 Å². The molecule has 1 heteroatoms. The Labute approximate surface area is 213 Å². The predicted octanol–water partition coefficient (Wildman–Crippen LogP) is 6.95. The Morgan fingerprint density at radius 3 is 1.66 bits per heavy atom. The number of hydrogen-bond acceptors (Lipinski definition) is 0. The maximum atomic E-state index is 2.42. The van der Waals surface area contributed by atoms with Crippen LogP contribution in [0.1, 0.15) is 29.5 Å². The molecular formula is C34H34Ge. The molecule has 35 heavy (non-hydrogen) atoms. The van der Waals surface area contributed by atoms with Crippen molar-refractivity contribution in [2.24, 2.45) is 0 Å². The van der Waals surface area contributed by atoms with Gasteiger partial charge in [0.25, 0.3) is 0 Å². The summed E-state index contributed by atoms with van der Waals surface area (Å²) in [4.78, 5) is 0. The van der Waals surface area contributed by atoms with Gasteiger partial charge in [-0.2, -0.15) is 0 Å². The molecule has 0 aliphatic heterocycles. The van der Waals surface area contributed by atoms with Crippen molar-refractivity contribution in [1.29, 1.82) is 0 Å². The predicted molar refractivity (Wildman–Crippen MR) is 155 cm³/mol. The molecule has 0 radical (unpaired) electrons. The van der Waals surface area contributed by atoms with Gasteiger partial charge in [-0.05, 0) is 0 Å². The zero-order valence-electron chi connectivity index (χ0n) is 20.9. The summed E-state index contributed by atoms with van der Waals surface area (Å²) in [5.74, 6) is 0. The second kappa shape index (κ2) is 10.7. The number of fused-ring (bicyclic) bond motifs is 1. The molecule has 5 aromatic rings. The third kappa shape index (κ3) is 4.86. The SMILES string of the molecule is Cc1cc[c]([Ge]([CH2]CCCc2ccc(C)c3ccccc23)([c]2ccccc2)[c]2ccccc2)cc1. The summed E-state index contributed by atoms with van der Waals surface area (Å²) in [6.07, 6.45) is 3.59. The molecule has 0 aliphatic carbocycles. The van der Waals surface area contributed by atoms with Crippen molar-refractivity contribution < 1.29 is 0 Å². The van der Waals surface area contributed by atoms with E-state index in [9.17, 15) is 0 Å². The Bertz CT molecular complexity index is 1350. The van der Waals surface area contributed by atoms with Gasteiger partial charge in [0.2, 0.25) is 0 Å². The molecule has 5 aromatic carbocycles. The van der Waals surface area contributed by atoms with Crippen LogP contribution in [0, 0.1) is 13.8 Å². The summed E-state index contributed by atoms with van der Waals surface area (Å²) in [5, 5.41) is 4.08. The van der Waals surface area contributed by atoms with Gasteiger partial charge in [0, 0.05) is 0 Å². The monoisotopic (exact) mass is 516 g/mol. The molecule has 0 fully saturated rings. The number of benzene rings is 5. The molecule has 0 N–H and O–H groups in total. The average molecular weight is 515 g/mol. The van der Waals surface area contributed by atoms with Crippen LogP contribution in [0.25, 0.3) is 10.8 Å². The Morgan fingerprint density at radius 1 is 0.486 bits per heavy atom. The molecule has 0 unspecified atom stereocenters. The zero-order chi connectivity index (χ0) is 24.1. The number of aryl methyl sites for hydroxylation is 3. The van der Waals surface area contributed by atoms with Crippen LogP contribution in [0.2, 0.25) is 5.25 Å². The maximum absolute atomic E-state index is 2.84. The van der Waals surface area contributed by atoms with Crippen LogP contribution in [0.15, 0.2) is 121 Å². The second-order valence-corrected chi connectivity index (χ2v) is 18.3. The van der Waals surface area contributed by atoms with Crippen molar-refractivity contribution in [3.8, 4) is 0 Å². The second-order valence-electron chi connectivity index (χ2n) is 9.80. The standard InChI is InChI=1S/C34H34Ge/c1-27-20-24-32(25-21-27)35(30-14-5-3-6-15-30,31-16-7-4-8-17-31)26-12-11-13-29-23-22-28(2)33-18-9-10-19-34(29)33/h3-10,14-25H,11-13,26H2,1-2H3. The Balaban J connectivity index is 1.48. The van der Waals surface area contributed by atoms with E-state index in [2.05, 4.69) is 135 Å². The normalized spacial score (nSPS) is 11.6. The molecule has 0 saturated carbocycles. The van der Waals surface area contributed by atoms with Gasteiger partial charge in [0.05, 0.1) is 0 Å². The first-order valence-electron chi connectivity index (χ1n) is 12.8. The molecule has 0 aromatic heterocycles. The Morgan fingerprint density at radius 2 is 1.03 bits per heavy atom. The van der Waals surface area contributed by atoms with Gasteiger partial charge in [0.15, 0.2) is 0 Å². The molecule has 0 aliphatic rings. The summed E-state index contributed by atoms with van der Waals surface area (Å²) >= 11 is -2.84. The molecule has 0 amide bonds. The van der Waals surface area contributed by atoms with Gasteiger partial charge in [-0.3, -0.25) is 0 Å². The van der Waals surface area contributed by atoms with E-state index in [1.165, 1.54) is 45.6 Å². The van der Waals surface area contributed by atoms with Gasteiger partial charge in [-0.15, -0.1) is 0 Å². The summed E-state index contributed by atoms with van der Waals surface area (Å²) in [6.45, 7) is 4.41. The van der Waals surface area contributed by atoms with Gasteiger partial charge in [0.1, 0.15) is 0 Å². The molecule has 0 bridgehead atoms. The van der Waals surface area contributed by atoms with E-state index in [4.69, 9.17) is 0 Å². The van der Waals surface area contributed by atoms with Crippen LogP contribution in [-0.2, 0) is 6.42 Å². The molecule has 0 atom stereocenters. The van der Waals surface area contributed by atoms with Crippen LogP contribution >= 0.6 is 0 Å². The van der Waals surface area contributed by atoms with E-state index in [0.29, 0.717) is 0 Å². The fourth-order valence-corrected chi connectivity index (χ4v) is 15.9. The van der Waals surface area contributed by atoms with E-state index >= 15 is 0 Å². The minimum absolute atomic E-state index is 1.14. The molecule has 5 rings (SSSR count). The third-order valence-electron chi connectivity index (χ3n) is 7.56. The van der Waals surface area contributed by atoms with Gasteiger partial charge in [-0.1, -0.05) is 0 Å². The number of rotatable bonds is 8. The van der Waals surface area contributed by atoms with Crippen LogP contribution in [0.3, 0.4) is 0 Å². The van der Waals surface area contributed by atoms with Crippen LogP contribution in [0.5, 0.6) is 0 Å². The first kappa shape index (κ1) is 23.6. The first-order valence-corrected chi connectivity index (χ1v) is 17.5. The van der Waals surface area contributed by atoms with Crippen LogP contribution in [0.4, 0.5) is 0 Å². The molecular weight excluding hydrogens is 481 g/mol. The first-order chi connectivity index (χ1) is 17.2. The molecule has 0 heterocycles. The summed E-state index contributed by atoms with van der Waals surface area (Å²) in [7, 11) is 0. The molecule has 0 nitrogen and oxygen atoms in total. The van der Waals surface area contributed by atoms with Crippen LogP contribution < -0.4 is 13.2 Å². The van der Waals surface area contributed by atoms with Crippen molar-refractivity contribution >= 4 is 37.2 Å². The fraction of sp³-hybridized carbons (Fsp3) is 0.176. The van der Waals surface area contributed by atoms with Crippen molar-refractivity contribution in [3.63, 3.8) is 0 Å². The zero-order valence-corrected chi connectivity index (χ0v) is 23.0. The minimum atomic E-state index is -2.84. The average Bonchev–Trinajstić information content (AvgIpc) is 2.92. The summed E-state index contributed by atoms with van der Waals surface area (Å²) in [6, 6.07) is 45.7. The van der Waals surface area contributed by atoms with E-state index in [1.807, 2.05) is 0 Å². The van der Waals surface area contributed by atoms with Gasteiger partial charge in [-0.25, -0.2) is 0 Å². The van der Waals surface area contributed by atoms with Crippen LogP contribution in [-0.4, -0.2) is 13.3 Å². The molecule has 0 saturated heterocycles. The number of unbranched alkanes of at least 4 members (excludes halogenated alkanes) is 1. The molecule has 0 spiro atoms. The van der Waals surface area contributed by atoms with Crippen molar-refractivity contribution in [1.82, 2.24) is 0 Å². The third-order valence-corrected chi connectivity index (χ3v) is 18.2. The number of hydrogen-bond donors (Lipinski definition) is 0. The molecule has 174 valence electrons. The van der Waals surface area contributed by atoms with E-state index in [0.717, 1.165) is 6.42 Å². The van der Waals surface area contributed by atoms with Crippen molar-refractivity contribution in [2.75, 3.05) is 0 Å². The van der Waals surface area contributed by atoms with E-state index in [1.54, 1.807) is 13.2 Å². The quantitative estimate of drug-likeness (QED) is 0.155. The topological polar surface area (TPSA) is 0 Å². The Kier molecular flexibility index (Phi) is 7.20. The summed E-state index contributed by atoms with van der Waals surface area (Å²) in [5.41, 5.74) is 4.18. The Hall–Kier alpha value is -3.10.